The van der Waals surface area contributed by atoms with Crippen molar-refractivity contribution in [2.75, 3.05) is 0 Å². The predicted octanol–water partition coefficient (Wildman–Crippen LogP) is -4.81. The summed E-state index contributed by atoms with van der Waals surface area (Å²) < 4.78 is 0. The van der Waals surface area contributed by atoms with Gasteiger partial charge in [0.05, 0.1) is 0 Å². The molecular weight excluding hydrogens is 165 g/mol. The van der Waals surface area contributed by atoms with Crippen LogP contribution in [0.25, 0.3) is 0 Å². The SMILES string of the molecule is NC1(C(=O)[O-])N=NN=N1.[K+]. The van der Waals surface area contributed by atoms with Crippen LogP contribution in [-0.4, -0.2) is 11.8 Å². The minimum atomic E-state index is -2.08. The van der Waals surface area contributed by atoms with Crippen LogP contribution in [0.4, 0.5) is 0 Å². The van der Waals surface area contributed by atoms with Gasteiger partial charge in [0.25, 0.3) is 5.79 Å². The number of carbonyl (C=O) groups is 1. The Bertz CT molecular complexity index is 188. The molecule has 0 amide bonds. The first kappa shape index (κ1) is 10.3. The van der Waals surface area contributed by atoms with Crippen molar-refractivity contribution in [2.45, 2.75) is 5.79 Å². The van der Waals surface area contributed by atoms with E-state index in [0.29, 0.717) is 0 Å². The molecule has 2 N–H and O–H groups in total. The van der Waals surface area contributed by atoms with Crippen LogP contribution in [0.3, 0.4) is 0 Å². The van der Waals surface area contributed by atoms with E-state index in [4.69, 9.17) is 5.73 Å². The van der Waals surface area contributed by atoms with E-state index >= 15 is 0 Å². The minimum absolute atomic E-state index is 0. The van der Waals surface area contributed by atoms with E-state index in [2.05, 4.69) is 20.7 Å². The van der Waals surface area contributed by atoms with E-state index in [1.54, 1.807) is 0 Å². The Morgan fingerprint density at radius 2 is 1.80 bits per heavy atom. The molecule has 0 unspecified atom stereocenters. The Hall–Kier alpha value is 0.266. The molecule has 0 fully saturated rings. The van der Waals surface area contributed by atoms with Gasteiger partial charge in [-0.25, -0.2) is 0 Å². The van der Waals surface area contributed by atoms with Crippen LogP contribution >= 0.6 is 0 Å². The van der Waals surface area contributed by atoms with Gasteiger partial charge in [-0.05, 0) is 10.4 Å². The van der Waals surface area contributed by atoms with Gasteiger partial charge in [-0.15, -0.1) is 10.2 Å². The number of hydrogen-bond acceptors (Lipinski definition) is 7. The summed E-state index contributed by atoms with van der Waals surface area (Å²) in [6.45, 7) is 0. The van der Waals surface area contributed by atoms with Crippen LogP contribution in [0, 0.1) is 0 Å². The van der Waals surface area contributed by atoms with E-state index in [0.717, 1.165) is 0 Å². The van der Waals surface area contributed by atoms with Gasteiger partial charge in [0.15, 0.2) is 0 Å². The summed E-state index contributed by atoms with van der Waals surface area (Å²) in [5.41, 5.74) is 4.92. The molecule has 0 spiro atoms. The summed E-state index contributed by atoms with van der Waals surface area (Å²) in [4.78, 5) is 9.98. The van der Waals surface area contributed by atoms with Crippen LogP contribution in [0.2, 0.25) is 0 Å². The fourth-order valence-electron chi connectivity index (χ4n) is 0.278. The number of aliphatic carboxylic acids is 1. The maximum atomic E-state index is 9.98. The molecule has 0 aromatic rings. The maximum absolute atomic E-state index is 9.98. The Morgan fingerprint density at radius 3 is 2.00 bits per heavy atom. The molecule has 7 nitrogen and oxygen atoms in total. The van der Waals surface area contributed by atoms with Crippen molar-refractivity contribution >= 4 is 5.97 Å². The maximum Gasteiger partial charge on any atom is 1.00 e. The Labute approximate surface area is 98.2 Å². The predicted molar refractivity (Wildman–Crippen MR) is 21.6 cm³/mol. The first-order chi connectivity index (χ1) is 4.15. The number of carboxylic acid groups (broad SMARTS) is 1. The molecule has 10 heavy (non-hydrogen) atoms. The summed E-state index contributed by atoms with van der Waals surface area (Å²) in [7, 11) is 0. The van der Waals surface area contributed by atoms with Gasteiger partial charge in [0, 0.05) is 0 Å². The molecule has 0 radical (unpaired) electrons. The van der Waals surface area contributed by atoms with Crippen molar-refractivity contribution in [3.63, 3.8) is 0 Å². The molecule has 1 aliphatic rings. The minimum Gasteiger partial charge on any atom is -0.544 e. The molecule has 0 aliphatic carbocycles. The Kier molecular flexibility index (Phi) is 3.69. The second-order valence-electron chi connectivity index (χ2n) is 1.39. The molecule has 0 saturated heterocycles. The number of hydrogen-bond donors (Lipinski definition) is 1. The summed E-state index contributed by atoms with van der Waals surface area (Å²) in [6.07, 6.45) is 0. The zero-order chi connectivity index (χ0) is 6.91. The number of carbonyl (C=O) groups excluding carboxylic acids is 1. The van der Waals surface area contributed by atoms with Gasteiger partial charge in [-0.3, -0.25) is 5.73 Å². The third kappa shape index (κ3) is 1.87. The second-order valence-corrected chi connectivity index (χ2v) is 1.39. The molecule has 8 heteroatoms. The quantitative estimate of drug-likeness (QED) is 0.395. The van der Waals surface area contributed by atoms with Crippen LogP contribution in [0.15, 0.2) is 20.7 Å². The smallest absolute Gasteiger partial charge is 0.544 e. The fourth-order valence-corrected chi connectivity index (χ4v) is 0.278. The zero-order valence-corrected chi connectivity index (χ0v) is 8.31. The third-order valence-electron chi connectivity index (χ3n) is 0.735. The summed E-state index contributed by atoms with van der Waals surface area (Å²) in [6, 6.07) is 0. The molecule has 48 valence electrons. The molecule has 1 aliphatic heterocycles. The molecular formula is C2H2KN5O2. The second kappa shape index (κ2) is 3.60. The molecule has 0 saturated carbocycles. The molecule has 0 aromatic carbocycles. The molecule has 1 heterocycles. The monoisotopic (exact) mass is 167 g/mol. The van der Waals surface area contributed by atoms with E-state index in [1.807, 2.05) is 0 Å². The van der Waals surface area contributed by atoms with Crippen molar-refractivity contribution < 1.29 is 61.3 Å². The fraction of sp³-hybridized carbons (Fsp3) is 0.500. The molecule has 0 atom stereocenters. The normalized spacial score (nSPS) is 18.5. The van der Waals surface area contributed by atoms with Gasteiger partial charge >= 0.3 is 51.4 Å². The zero-order valence-electron chi connectivity index (χ0n) is 5.18. The van der Waals surface area contributed by atoms with E-state index in [1.165, 1.54) is 0 Å². The standard InChI is InChI=1S/C2H3N5O2.K/c3-2(1(8)9)4-6-7-5-2;/h3H2,(H,8,9);/q;+1/p-1. The molecule has 1 rings (SSSR count). The Balaban J connectivity index is 0.000000810. The summed E-state index contributed by atoms with van der Waals surface area (Å²) in [5, 5.41) is 21.7. The summed E-state index contributed by atoms with van der Waals surface area (Å²) >= 11 is 0. The largest absolute Gasteiger partial charge is 1.00 e. The number of nitrogens with zero attached hydrogens (tertiary/aromatic N) is 4. The van der Waals surface area contributed by atoms with Crippen LogP contribution < -0.4 is 62.2 Å². The van der Waals surface area contributed by atoms with Gasteiger partial charge in [0.2, 0.25) is 0 Å². The Morgan fingerprint density at radius 1 is 1.40 bits per heavy atom. The van der Waals surface area contributed by atoms with Gasteiger partial charge < -0.3 is 9.90 Å². The van der Waals surface area contributed by atoms with Crippen LogP contribution in [-0.2, 0) is 4.79 Å². The van der Waals surface area contributed by atoms with Crippen molar-refractivity contribution in [3.05, 3.63) is 0 Å². The topological polar surface area (TPSA) is 116 Å². The average molecular weight is 167 g/mol. The van der Waals surface area contributed by atoms with Crippen LogP contribution in [0.1, 0.15) is 0 Å². The first-order valence-corrected chi connectivity index (χ1v) is 1.99. The number of nitrogens with two attached hydrogens (primary N) is 1. The van der Waals surface area contributed by atoms with E-state index < -0.39 is 11.8 Å². The van der Waals surface area contributed by atoms with Gasteiger partial charge in [-0.2, -0.15) is 0 Å². The van der Waals surface area contributed by atoms with Crippen molar-refractivity contribution in [2.24, 2.45) is 26.4 Å². The first-order valence-electron chi connectivity index (χ1n) is 1.99. The number of carboxylic acids is 1. The third-order valence-corrected chi connectivity index (χ3v) is 0.735. The van der Waals surface area contributed by atoms with Crippen LogP contribution in [0.5, 0.6) is 0 Å². The average Bonchev–Trinajstić information content (AvgIpc) is 2.16. The van der Waals surface area contributed by atoms with E-state index in [-0.39, 0.29) is 51.4 Å². The van der Waals surface area contributed by atoms with Gasteiger partial charge in [0.1, 0.15) is 5.97 Å². The van der Waals surface area contributed by atoms with Crippen molar-refractivity contribution in [1.82, 2.24) is 0 Å². The summed E-state index contributed by atoms with van der Waals surface area (Å²) in [5.74, 6) is -3.70. The molecule has 0 bridgehead atoms. The van der Waals surface area contributed by atoms with Crippen molar-refractivity contribution in [1.29, 1.82) is 0 Å². The van der Waals surface area contributed by atoms with E-state index in [9.17, 15) is 9.90 Å². The van der Waals surface area contributed by atoms with Gasteiger partial charge in [-0.1, -0.05) is 0 Å². The van der Waals surface area contributed by atoms with Crippen molar-refractivity contribution in [3.8, 4) is 0 Å². The molecule has 0 aromatic heterocycles. The number of rotatable bonds is 1.